The first-order chi connectivity index (χ1) is 15.0. The number of para-hydroxylation sites is 3. The number of aryl methyl sites for hydroxylation is 1. The van der Waals surface area contributed by atoms with Crippen molar-refractivity contribution in [2.45, 2.75) is 18.8 Å². The lowest BCUT2D eigenvalue weighted by molar-refractivity contribution is 0.0999. The number of hydrogen-bond donors (Lipinski definition) is 1. The van der Waals surface area contributed by atoms with Gasteiger partial charge in [-0.1, -0.05) is 35.9 Å². The van der Waals surface area contributed by atoms with Gasteiger partial charge in [0.15, 0.2) is 11.5 Å². The normalized spacial score (nSPS) is 15.1. The monoisotopic (exact) mass is 436 g/mol. The number of benzene rings is 2. The third-order valence-electron chi connectivity index (χ3n) is 6.05. The topological polar surface area (TPSA) is 94.4 Å². The second-order valence-electron chi connectivity index (χ2n) is 7.87. The number of anilines is 1. The van der Waals surface area contributed by atoms with Crippen LogP contribution in [-0.2, 0) is 7.05 Å². The summed E-state index contributed by atoms with van der Waals surface area (Å²) in [7, 11) is 1.60. The molecule has 0 saturated carbocycles. The van der Waals surface area contributed by atoms with Crippen molar-refractivity contribution in [2.24, 2.45) is 12.8 Å². The molecule has 7 nitrogen and oxygen atoms in total. The van der Waals surface area contributed by atoms with Crippen molar-refractivity contribution >= 4 is 45.2 Å². The molecule has 158 valence electrons. The molecule has 0 radical (unpaired) electrons. The van der Waals surface area contributed by atoms with E-state index in [0.29, 0.717) is 29.3 Å². The highest BCUT2D eigenvalue weighted by Gasteiger charge is 2.30. The average molecular weight is 437 g/mol. The second kappa shape index (κ2) is 7.42. The van der Waals surface area contributed by atoms with Crippen LogP contribution >= 0.6 is 11.6 Å². The quantitative estimate of drug-likeness (QED) is 0.527. The fourth-order valence-corrected chi connectivity index (χ4v) is 4.82. The molecular weight excluding hydrogens is 416 g/mol. The van der Waals surface area contributed by atoms with Crippen LogP contribution in [0.1, 0.15) is 35.0 Å². The van der Waals surface area contributed by atoms with Gasteiger partial charge in [-0.3, -0.25) is 9.59 Å². The van der Waals surface area contributed by atoms with Gasteiger partial charge >= 0.3 is 0 Å². The molecule has 2 aromatic carbocycles. The number of oxazole rings is 1. The van der Waals surface area contributed by atoms with E-state index >= 15 is 0 Å². The molecular formula is C23H21ClN4O3. The van der Waals surface area contributed by atoms with Gasteiger partial charge in [-0.05, 0) is 31.0 Å². The predicted molar refractivity (Wildman–Crippen MR) is 121 cm³/mol. The molecule has 1 fully saturated rings. The van der Waals surface area contributed by atoms with Crippen molar-refractivity contribution in [2.75, 3.05) is 18.0 Å². The highest BCUT2D eigenvalue weighted by atomic mass is 35.5. The summed E-state index contributed by atoms with van der Waals surface area (Å²) in [6.07, 6.45) is 1.56. The van der Waals surface area contributed by atoms with Crippen LogP contribution in [0.5, 0.6) is 0 Å². The van der Waals surface area contributed by atoms with E-state index in [-0.39, 0.29) is 11.5 Å². The van der Waals surface area contributed by atoms with Gasteiger partial charge in [-0.15, -0.1) is 0 Å². The van der Waals surface area contributed by atoms with Gasteiger partial charge in [0.1, 0.15) is 11.1 Å². The number of pyridine rings is 1. The predicted octanol–water partition coefficient (Wildman–Crippen LogP) is 3.82. The minimum Gasteiger partial charge on any atom is -0.440 e. The van der Waals surface area contributed by atoms with Crippen LogP contribution in [0.2, 0.25) is 5.02 Å². The molecule has 4 aromatic rings. The molecule has 2 aromatic heterocycles. The molecule has 1 aliphatic heterocycles. The smallest absolute Gasteiger partial charge is 0.265 e. The summed E-state index contributed by atoms with van der Waals surface area (Å²) in [4.78, 5) is 31.9. The third kappa shape index (κ3) is 3.16. The largest absolute Gasteiger partial charge is 0.440 e. The first-order valence-corrected chi connectivity index (χ1v) is 10.5. The number of piperidine rings is 1. The Balaban J connectivity index is 1.54. The number of carbonyl (C=O) groups is 1. The maximum Gasteiger partial charge on any atom is 0.265 e. The number of aromatic nitrogens is 2. The Morgan fingerprint density at radius 3 is 2.61 bits per heavy atom. The van der Waals surface area contributed by atoms with E-state index in [4.69, 9.17) is 21.8 Å². The molecule has 1 amide bonds. The van der Waals surface area contributed by atoms with Crippen LogP contribution in [-0.4, -0.2) is 28.5 Å². The molecule has 3 heterocycles. The first kappa shape index (κ1) is 19.6. The fraction of sp³-hybridized carbons (Fsp3) is 0.261. The number of nitrogens with two attached hydrogens (primary N) is 1. The van der Waals surface area contributed by atoms with E-state index in [9.17, 15) is 9.59 Å². The Bertz CT molecular complexity index is 1350. The van der Waals surface area contributed by atoms with Crippen LogP contribution in [0.15, 0.2) is 51.7 Å². The lowest BCUT2D eigenvalue weighted by Crippen LogP contribution is -2.38. The van der Waals surface area contributed by atoms with Gasteiger partial charge < -0.3 is 19.6 Å². The number of fused-ring (bicyclic) bond motifs is 2. The molecule has 0 aliphatic carbocycles. The molecule has 1 aliphatic rings. The van der Waals surface area contributed by atoms with Crippen molar-refractivity contribution in [3.63, 3.8) is 0 Å². The Kier molecular flexibility index (Phi) is 4.70. The van der Waals surface area contributed by atoms with Crippen LogP contribution in [0.4, 0.5) is 5.69 Å². The number of halogens is 1. The zero-order chi connectivity index (χ0) is 21.7. The maximum atomic E-state index is 13.0. The van der Waals surface area contributed by atoms with Gasteiger partial charge in [0.05, 0.1) is 16.2 Å². The average Bonchev–Trinajstić information content (AvgIpc) is 3.20. The van der Waals surface area contributed by atoms with Gasteiger partial charge in [0, 0.05) is 31.4 Å². The minimum atomic E-state index is -0.737. The lowest BCUT2D eigenvalue weighted by Gasteiger charge is -2.34. The summed E-state index contributed by atoms with van der Waals surface area (Å²) in [6, 6.07) is 13.1. The number of nitrogens with zero attached hydrogens (tertiary/aromatic N) is 3. The highest BCUT2D eigenvalue weighted by Crippen LogP contribution is 2.37. The summed E-state index contributed by atoms with van der Waals surface area (Å²) >= 11 is 6.40. The summed E-state index contributed by atoms with van der Waals surface area (Å²) in [6.45, 7) is 1.27. The molecule has 5 rings (SSSR count). The Labute approximate surface area is 183 Å². The van der Waals surface area contributed by atoms with Gasteiger partial charge in [0.2, 0.25) is 0 Å². The number of amides is 1. The first-order valence-electron chi connectivity index (χ1n) is 10.2. The van der Waals surface area contributed by atoms with E-state index in [0.717, 1.165) is 35.2 Å². The number of carbonyl (C=O) groups excluding carboxylic acids is 1. The number of hydrogen-bond acceptors (Lipinski definition) is 5. The second-order valence-corrected chi connectivity index (χ2v) is 8.28. The van der Waals surface area contributed by atoms with Crippen molar-refractivity contribution < 1.29 is 9.21 Å². The van der Waals surface area contributed by atoms with Gasteiger partial charge in [-0.25, -0.2) is 4.98 Å². The lowest BCUT2D eigenvalue weighted by atomic mass is 9.95. The summed E-state index contributed by atoms with van der Waals surface area (Å²) < 4.78 is 7.35. The van der Waals surface area contributed by atoms with Crippen molar-refractivity contribution in [3.8, 4) is 0 Å². The van der Waals surface area contributed by atoms with Gasteiger partial charge in [0.25, 0.3) is 11.5 Å². The molecule has 2 N–H and O–H groups in total. The summed E-state index contributed by atoms with van der Waals surface area (Å²) in [5.41, 5.74) is 7.98. The van der Waals surface area contributed by atoms with Crippen LogP contribution in [0.25, 0.3) is 22.0 Å². The standard InChI is InChI=1S/C23H21ClN4O3/c1-27-19-14(5-4-6-15(19)24)20(18(21(25)29)23(27)30)28-11-9-13(10-12-28)22-26-16-7-2-3-8-17(16)31-22/h2-8,13H,9-12H2,1H3,(H2,25,29). The summed E-state index contributed by atoms with van der Waals surface area (Å²) in [5, 5.41) is 1.19. The van der Waals surface area contributed by atoms with E-state index < -0.39 is 11.5 Å². The Hall–Kier alpha value is -3.32. The van der Waals surface area contributed by atoms with Crippen LogP contribution in [0, 0.1) is 0 Å². The highest BCUT2D eigenvalue weighted by molar-refractivity contribution is 6.35. The number of rotatable bonds is 3. The fourth-order valence-electron chi connectivity index (χ4n) is 4.52. The SMILES string of the molecule is Cn1c(=O)c(C(N)=O)c(N2CCC(c3nc4ccccc4o3)CC2)c2cccc(Cl)c21. The van der Waals surface area contributed by atoms with E-state index in [1.807, 2.05) is 36.4 Å². The minimum absolute atomic E-state index is 0.00224. The van der Waals surface area contributed by atoms with E-state index in [1.54, 1.807) is 13.1 Å². The van der Waals surface area contributed by atoms with E-state index in [2.05, 4.69) is 9.88 Å². The van der Waals surface area contributed by atoms with Gasteiger partial charge in [-0.2, -0.15) is 0 Å². The molecule has 0 bridgehead atoms. The van der Waals surface area contributed by atoms with Crippen molar-refractivity contribution in [1.82, 2.24) is 9.55 Å². The zero-order valence-corrected chi connectivity index (χ0v) is 17.7. The molecule has 0 spiro atoms. The van der Waals surface area contributed by atoms with Crippen LogP contribution in [0.3, 0.4) is 0 Å². The Morgan fingerprint density at radius 2 is 1.90 bits per heavy atom. The molecule has 1 saturated heterocycles. The molecule has 8 heteroatoms. The van der Waals surface area contributed by atoms with Crippen LogP contribution < -0.4 is 16.2 Å². The Morgan fingerprint density at radius 1 is 1.16 bits per heavy atom. The van der Waals surface area contributed by atoms with E-state index in [1.165, 1.54) is 4.57 Å². The number of primary amides is 1. The van der Waals surface area contributed by atoms with Crippen molar-refractivity contribution in [3.05, 3.63) is 69.3 Å². The maximum absolute atomic E-state index is 13.0. The molecule has 0 atom stereocenters. The molecule has 0 unspecified atom stereocenters. The third-order valence-corrected chi connectivity index (χ3v) is 6.35. The molecule has 31 heavy (non-hydrogen) atoms. The summed E-state index contributed by atoms with van der Waals surface area (Å²) in [5.74, 6) is 0.161. The zero-order valence-electron chi connectivity index (χ0n) is 17.0. The van der Waals surface area contributed by atoms with Crippen molar-refractivity contribution in [1.29, 1.82) is 0 Å².